The molecule has 0 unspecified atom stereocenters. The van der Waals surface area contributed by atoms with E-state index in [0.717, 1.165) is 6.07 Å². The Kier molecular flexibility index (Phi) is 3.96. The maximum atomic E-state index is 13.7. The Morgan fingerprint density at radius 3 is 2.42 bits per heavy atom. The molecule has 124 valence electrons. The number of phenols is 1. The third-order valence-corrected chi connectivity index (χ3v) is 4.29. The van der Waals surface area contributed by atoms with Crippen molar-refractivity contribution in [2.75, 3.05) is 4.90 Å². The van der Waals surface area contributed by atoms with Gasteiger partial charge in [-0.05, 0) is 36.4 Å². The van der Waals surface area contributed by atoms with Crippen molar-refractivity contribution in [3.05, 3.63) is 60.5 Å². The van der Waals surface area contributed by atoms with Crippen LogP contribution in [0.15, 0.2) is 59.6 Å². The number of hydrogen-bond acceptors (Lipinski definition) is 5. The zero-order valence-corrected chi connectivity index (χ0v) is 13.0. The van der Waals surface area contributed by atoms with Gasteiger partial charge in [-0.1, -0.05) is 6.07 Å². The van der Waals surface area contributed by atoms with Gasteiger partial charge in [-0.2, -0.15) is 5.10 Å². The van der Waals surface area contributed by atoms with E-state index in [2.05, 4.69) is 10.2 Å². The summed E-state index contributed by atoms with van der Waals surface area (Å²) >= 11 is 0. The van der Waals surface area contributed by atoms with Gasteiger partial charge in [0.1, 0.15) is 5.82 Å². The van der Waals surface area contributed by atoms with Crippen LogP contribution >= 0.6 is 0 Å². The molecule has 0 bridgehead atoms. The molecule has 0 amide bonds. The van der Waals surface area contributed by atoms with E-state index in [0.29, 0.717) is 11.5 Å². The van der Waals surface area contributed by atoms with Gasteiger partial charge in [0.15, 0.2) is 11.6 Å². The first-order valence-electron chi connectivity index (χ1n) is 6.78. The number of aromatic amines is 1. The number of hydrogen-bond donors (Lipinski definition) is 3. The monoisotopic (exact) mass is 348 g/mol. The van der Waals surface area contributed by atoms with Crippen LogP contribution in [0.25, 0.3) is 0 Å². The Morgan fingerprint density at radius 1 is 1.12 bits per heavy atom. The topological polar surface area (TPSA) is 112 Å². The molecule has 0 aliphatic carbocycles. The number of para-hydroxylation sites is 1. The maximum Gasteiger partial charge on any atom is 0.238 e. The van der Waals surface area contributed by atoms with Crippen molar-refractivity contribution in [1.29, 1.82) is 0 Å². The molecule has 4 N–H and O–H groups in total. The van der Waals surface area contributed by atoms with Crippen molar-refractivity contribution in [3.63, 3.8) is 0 Å². The Balaban J connectivity index is 2.15. The van der Waals surface area contributed by atoms with Gasteiger partial charge in [-0.3, -0.25) is 10.00 Å². The van der Waals surface area contributed by atoms with E-state index in [9.17, 15) is 17.9 Å². The third-order valence-electron chi connectivity index (χ3n) is 3.36. The predicted octanol–water partition coefficient (Wildman–Crippen LogP) is 2.37. The third kappa shape index (κ3) is 2.94. The van der Waals surface area contributed by atoms with Gasteiger partial charge < -0.3 is 5.11 Å². The molecule has 9 heteroatoms. The summed E-state index contributed by atoms with van der Waals surface area (Å²) in [6.07, 6.45) is 1.50. The molecule has 0 spiro atoms. The average molecular weight is 348 g/mol. The molecule has 3 rings (SSSR count). The van der Waals surface area contributed by atoms with E-state index in [4.69, 9.17) is 5.14 Å². The van der Waals surface area contributed by atoms with E-state index in [-0.39, 0.29) is 10.6 Å². The summed E-state index contributed by atoms with van der Waals surface area (Å²) in [4.78, 5) is 1.44. The van der Waals surface area contributed by atoms with Crippen LogP contribution in [0.1, 0.15) is 0 Å². The minimum Gasteiger partial charge on any atom is -0.503 e. The van der Waals surface area contributed by atoms with Crippen LogP contribution in [0.5, 0.6) is 5.75 Å². The number of phenolic OH excluding ortho intramolecular Hbond substituents is 1. The Bertz CT molecular complexity index is 957. The van der Waals surface area contributed by atoms with Crippen molar-refractivity contribution < 1.29 is 17.9 Å². The molecule has 3 aromatic rings. The second-order valence-corrected chi connectivity index (χ2v) is 6.49. The van der Waals surface area contributed by atoms with Crippen molar-refractivity contribution in [3.8, 4) is 5.75 Å². The second kappa shape index (κ2) is 5.95. The first kappa shape index (κ1) is 16.0. The number of sulfonamides is 1. The van der Waals surface area contributed by atoms with E-state index in [1.807, 2.05) is 0 Å². The number of H-pyrrole nitrogens is 1. The SMILES string of the molecule is NS(=O)(=O)c1ccc(N(c2ccn[nH]2)c2cccc(F)c2O)cc1. The summed E-state index contributed by atoms with van der Waals surface area (Å²) in [5.41, 5.74) is 0.648. The normalized spacial score (nSPS) is 11.4. The molecule has 0 saturated carbocycles. The van der Waals surface area contributed by atoms with Gasteiger partial charge in [0.25, 0.3) is 0 Å². The lowest BCUT2D eigenvalue weighted by Gasteiger charge is -2.24. The minimum absolute atomic E-state index is 0.0562. The number of nitrogens with one attached hydrogen (secondary N) is 1. The van der Waals surface area contributed by atoms with Crippen molar-refractivity contribution in [2.45, 2.75) is 4.90 Å². The first-order valence-corrected chi connectivity index (χ1v) is 8.32. The van der Waals surface area contributed by atoms with Crippen LogP contribution in [0.3, 0.4) is 0 Å². The van der Waals surface area contributed by atoms with E-state index in [1.165, 1.54) is 47.5 Å². The molecule has 24 heavy (non-hydrogen) atoms. The van der Waals surface area contributed by atoms with E-state index < -0.39 is 21.6 Å². The number of nitrogens with zero attached hydrogens (tertiary/aromatic N) is 2. The van der Waals surface area contributed by atoms with Crippen LogP contribution in [-0.2, 0) is 10.0 Å². The highest BCUT2D eigenvalue weighted by Gasteiger charge is 2.19. The number of nitrogens with two attached hydrogens (primary N) is 1. The maximum absolute atomic E-state index is 13.7. The molecular formula is C15H13FN4O3S. The van der Waals surface area contributed by atoms with Crippen LogP contribution in [0.4, 0.5) is 21.6 Å². The summed E-state index contributed by atoms with van der Waals surface area (Å²) in [5, 5.41) is 21.7. The van der Waals surface area contributed by atoms with E-state index >= 15 is 0 Å². The Labute approximate surface area is 137 Å². The molecule has 0 saturated heterocycles. The van der Waals surface area contributed by atoms with Crippen molar-refractivity contribution in [2.24, 2.45) is 5.14 Å². The number of primary sulfonamides is 1. The largest absolute Gasteiger partial charge is 0.503 e. The molecular weight excluding hydrogens is 335 g/mol. The van der Waals surface area contributed by atoms with Crippen LogP contribution < -0.4 is 10.0 Å². The zero-order chi connectivity index (χ0) is 17.3. The highest BCUT2D eigenvalue weighted by atomic mass is 32.2. The molecule has 0 fully saturated rings. The molecule has 0 atom stereocenters. The zero-order valence-electron chi connectivity index (χ0n) is 12.2. The number of halogens is 1. The fraction of sp³-hybridized carbons (Fsp3) is 0. The number of rotatable bonds is 4. The number of benzene rings is 2. The van der Waals surface area contributed by atoms with Crippen LogP contribution in [-0.4, -0.2) is 23.7 Å². The molecule has 7 nitrogen and oxygen atoms in total. The van der Waals surface area contributed by atoms with Gasteiger partial charge in [0.05, 0.1) is 16.8 Å². The van der Waals surface area contributed by atoms with Crippen molar-refractivity contribution in [1.82, 2.24) is 10.2 Å². The lowest BCUT2D eigenvalue weighted by atomic mass is 10.2. The van der Waals surface area contributed by atoms with Gasteiger partial charge in [0, 0.05) is 11.8 Å². The fourth-order valence-electron chi connectivity index (χ4n) is 2.25. The van der Waals surface area contributed by atoms with Crippen molar-refractivity contribution >= 4 is 27.2 Å². The smallest absolute Gasteiger partial charge is 0.238 e. The molecule has 2 aromatic carbocycles. The quantitative estimate of drug-likeness (QED) is 0.670. The minimum atomic E-state index is -3.83. The van der Waals surface area contributed by atoms with Gasteiger partial charge in [-0.25, -0.2) is 17.9 Å². The van der Waals surface area contributed by atoms with Gasteiger partial charge in [-0.15, -0.1) is 0 Å². The van der Waals surface area contributed by atoms with Crippen LogP contribution in [0, 0.1) is 5.82 Å². The molecule has 0 aliphatic heterocycles. The highest BCUT2D eigenvalue weighted by Crippen LogP contribution is 2.39. The highest BCUT2D eigenvalue weighted by molar-refractivity contribution is 7.89. The Hall–Kier alpha value is -2.91. The summed E-state index contributed by atoms with van der Waals surface area (Å²) in [5.74, 6) is -0.861. The lowest BCUT2D eigenvalue weighted by molar-refractivity contribution is 0.434. The van der Waals surface area contributed by atoms with Gasteiger partial charge in [0.2, 0.25) is 10.0 Å². The summed E-state index contributed by atoms with van der Waals surface area (Å²) in [6, 6.07) is 11.4. The summed E-state index contributed by atoms with van der Waals surface area (Å²) < 4.78 is 36.5. The Morgan fingerprint density at radius 2 is 1.83 bits per heavy atom. The second-order valence-electron chi connectivity index (χ2n) is 4.92. The van der Waals surface area contributed by atoms with Crippen LogP contribution in [0.2, 0.25) is 0 Å². The summed E-state index contributed by atoms with van der Waals surface area (Å²) in [7, 11) is -3.83. The lowest BCUT2D eigenvalue weighted by Crippen LogP contribution is -2.14. The number of aromatic nitrogens is 2. The fourth-order valence-corrected chi connectivity index (χ4v) is 2.77. The van der Waals surface area contributed by atoms with Gasteiger partial charge >= 0.3 is 0 Å². The van der Waals surface area contributed by atoms with E-state index in [1.54, 1.807) is 6.07 Å². The molecule has 0 radical (unpaired) electrons. The summed E-state index contributed by atoms with van der Waals surface area (Å²) in [6.45, 7) is 0. The molecule has 1 heterocycles. The first-order chi connectivity index (χ1) is 11.4. The number of anilines is 3. The molecule has 1 aromatic heterocycles. The average Bonchev–Trinajstić information content (AvgIpc) is 3.05. The standard InChI is InChI=1S/C15H13FN4O3S/c16-12-2-1-3-13(15(12)21)20(14-8-9-18-19-14)10-4-6-11(7-5-10)24(17,22)23/h1-9,21H,(H,18,19)(H2,17,22,23). The predicted molar refractivity (Wildman–Crippen MR) is 86.3 cm³/mol. The number of aromatic hydroxyl groups is 1. The molecule has 0 aliphatic rings.